The van der Waals surface area contributed by atoms with Gasteiger partial charge in [-0.1, -0.05) is 12.2 Å². The first-order chi connectivity index (χ1) is 11.5. The van der Waals surface area contributed by atoms with Crippen molar-refractivity contribution in [2.75, 3.05) is 23.3 Å². The molecule has 5 nitrogen and oxygen atoms in total. The van der Waals surface area contributed by atoms with E-state index in [1.165, 1.54) is 0 Å². The second-order valence-corrected chi connectivity index (χ2v) is 6.48. The number of nitrogens with zero attached hydrogens (tertiary/aromatic N) is 1. The molecule has 2 heterocycles. The number of H-pyrrole nitrogens is 1. The number of ether oxygens (including phenoxy) is 1. The zero-order valence-corrected chi connectivity index (χ0v) is 14.6. The Balaban J connectivity index is 1.70. The van der Waals surface area contributed by atoms with E-state index >= 15 is 0 Å². The number of anilines is 2. The monoisotopic (exact) mass is 343 g/mol. The van der Waals surface area contributed by atoms with Crippen LogP contribution >= 0.6 is 12.2 Å². The minimum absolute atomic E-state index is 0.210. The van der Waals surface area contributed by atoms with Gasteiger partial charge in [0.05, 0.1) is 17.8 Å². The Morgan fingerprint density at radius 3 is 2.50 bits per heavy atom. The van der Waals surface area contributed by atoms with E-state index in [2.05, 4.69) is 29.0 Å². The zero-order chi connectivity index (χ0) is 17.1. The standard InChI is InChI=1S/C18H21N3O2S/c1-12-10-21(11-13(2)23-12)15-7-5-14(6-8-15)20-17(22)16-4-3-9-19-18(16)24/h3-9,12-13H,10-11H2,1-2H3,(H,19,24)(H,20,22)/t12-,13-/m1/s1. The van der Waals surface area contributed by atoms with E-state index in [1.54, 1.807) is 18.3 Å². The molecule has 0 bridgehead atoms. The number of hydrogen-bond acceptors (Lipinski definition) is 4. The minimum atomic E-state index is -0.210. The summed E-state index contributed by atoms with van der Waals surface area (Å²) in [5.74, 6) is -0.210. The van der Waals surface area contributed by atoms with Crippen molar-refractivity contribution in [3.05, 3.63) is 52.8 Å². The van der Waals surface area contributed by atoms with Crippen LogP contribution in [0.1, 0.15) is 24.2 Å². The van der Waals surface area contributed by atoms with Crippen LogP contribution in [-0.2, 0) is 4.74 Å². The SMILES string of the molecule is C[C@@H]1CN(c2ccc(NC(=O)c3ccc[nH]c3=S)cc2)C[C@@H](C)O1. The molecule has 1 aromatic heterocycles. The molecule has 1 saturated heterocycles. The van der Waals surface area contributed by atoms with Gasteiger partial charge in [0.1, 0.15) is 4.64 Å². The van der Waals surface area contributed by atoms with Gasteiger partial charge in [-0.2, -0.15) is 0 Å². The summed E-state index contributed by atoms with van der Waals surface area (Å²) in [6.45, 7) is 5.91. The summed E-state index contributed by atoms with van der Waals surface area (Å²) in [5, 5.41) is 2.88. The first kappa shape index (κ1) is 16.7. The van der Waals surface area contributed by atoms with Gasteiger partial charge in [-0.15, -0.1) is 0 Å². The van der Waals surface area contributed by atoms with Gasteiger partial charge >= 0.3 is 0 Å². The summed E-state index contributed by atoms with van der Waals surface area (Å²) < 4.78 is 6.20. The van der Waals surface area contributed by atoms with Crippen LogP contribution in [0.3, 0.4) is 0 Å². The highest BCUT2D eigenvalue weighted by atomic mass is 32.1. The van der Waals surface area contributed by atoms with Gasteiger partial charge in [0.2, 0.25) is 0 Å². The predicted molar refractivity (Wildman–Crippen MR) is 98.2 cm³/mol. The van der Waals surface area contributed by atoms with E-state index in [-0.39, 0.29) is 18.1 Å². The predicted octanol–water partition coefficient (Wildman–Crippen LogP) is 3.61. The summed E-state index contributed by atoms with van der Waals surface area (Å²) in [6, 6.07) is 11.3. The normalized spacial score (nSPS) is 20.7. The van der Waals surface area contributed by atoms with Crippen molar-refractivity contribution in [2.24, 2.45) is 0 Å². The molecule has 1 aliphatic rings. The van der Waals surface area contributed by atoms with Crippen molar-refractivity contribution in [1.82, 2.24) is 4.98 Å². The Hall–Kier alpha value is -2.18. The lowest BCUT2D eigenvalue weighted by Gasteiger charge is -2.36. The van der Waals surface area contributed by atoms with Crippen molar-refractivity contribution in [2.45, 2.75) is 26.1 Å². The molecule has 3 rings (SSSR count). The van der Waals surface area contributed by atoms with E-state index in [0.29, 0.717) is 10.2 Å². The van der Waals surface area contributed by atoms with Gasteiger partial charge in [0.25, 0.3) is 5.91 Å². The fourth-order valence-corrected chi connectivity index (χ4v) is 3.17. The fourth-order valence-electron chi connectivity index (χ4n) is 2.94. The van der Waals surface area contributed by atoms with Gasteiger partial charge in [-0.05, 0) is 50.2 Å². The van der Waals surface area contributed by atoms with Crippen LogP contribution in [0.4, 0.5) is 11.4 Å². The van der Waals surface area contributed by atoms with Crippen molar-refractivity contribution in [1.29, 1.82) is 0 Å². The maximum absolute atomic E-state index is 12.3. The second-order valence-electron chi connectivity index (χ2n) is 6.08. The Kier molecular flexibility index (Phi) is 4.97. The highest BCUT2D eigenvalue weighted by Crippen LogP contribution is 2.22. The molecule has 0 spiro atoms. The number of hydrogen-bond donors (Lipinski definition) is 2. The molecule has 0 radical (unpaired) electrons. The average molecular weight is 343 g/mol. The number of nitrogens with one attached hydrogen (secondary N) is 2. The zero-order valence-electron chi connectivity index (χ0n) is 13.8. The third kappa shape index (κ3) is 3.83. The number of pyridine rings is 1. The molecule has 6 heteroatoms. The molecule has 0 aliphatic carbocycles. The molecule has 2 N–H and O–H groups in total. The second kappa shape index (κ2) is 7.15. The van der Waals surface area contributed by atoms with Crippen molar-refractivity contribution in [3.8, 4) is 0 Å². The van der Waals surface area contributed by atoms with Crippen LogP contribution in [0.15, 0.2) is 42.6 Å². The van der Waals surface area contributed by atoms with E-state index in [1.807, 2.05) is 24.3 Å². The molecule has 0 saturated carbocycles. The van der Waals surface area contributed by atoms with Crippen LogP contribution in [0.5, 0.6) is 0 Å². The fraction of sp³-hybridized carbons (Fsp3) is 0.333. The van der Waals surface area contributed by atoms with Crippen LogP contribution in [-0.4, -0.2) is 36.2 Å². The number of aromatic amines is 1. The molecule has 24 heavy (non-hydrogen) atoms. The quantitative estimate of drug-likeness (QED) is 0.836. The number of amides is 1. The molecule has 1 fully saturated rings. The number of aromatic nitrogens is 1. The van der Waals surface area contributed by atoms with Gasteiger partial charge < -0.3 is 19.9 Å². The molecule has 1 aliphatic heterocycles. The molecule has 2 atom stereocenters. The van der Waals surface area contributed by atoms with Gasteiger partial charge in [-0.3, -0.25) is 4.79 Å². The molecule has 0 unspecified atom stereocenters. The first-order valence-corrected chi connectivity index (χ1v) is 8.43. The summed E-state index contributed by atoms with van der Waals surface area (Å²) in [4.78, 5) is 17.4. The van der Waals surface area contributed by atoms with E-state index in [4.69, 9.17) is 17.0 Å². The smallest absolute Gasteiger partial charge is 0.258 e. The topological polar surface area (TPSA) is 57.4 Å². The lowest BCUT2D eigenvalue weighted by molar-refractivity contribution is -0.00521. The van der Waals surface area contributed by atoms with Crippen LogP contribution < -0.4 is 10.2 Å². The molecule has 2 aromatic rings. The lowest BCUT2D eigenvalue weighted by Crippen LogP contribution is -2.45. The number of rotatable bonds is 3. The maximum atomic E-state index is 12.3. The first-order valence-electron chi connectivity index (χ1n) is 8.02. The Labute approximate surface area is 146 Å². The molecule has 126 valence electrons. The third-order valence-electron chi connectivity index (χ3n) is 3.97. The van der Waals surface area contributed by atoms with Crippen molar-refractivity contribution in [3.63, 3.8) is 0 Å². The van der Waals surface area contributed by atoms with E-state index < -0.39 is 0 Å². The van der Waals surface area contributed by atoms with Crippen LogP contribution in [0, 0.1) is 4.64 Å². The third-order valence-corrected chi connectivity index (χ3v) is 4.31. The lowest BCUT2D eigenvalue weighted by atomic mass is 10.2. The number of benzene rings is 1. The van der Waals surface area contributed by atoms with Gasteiger partial charge in [0, 0.05) is 30.7 Å². The summed E-state index contributed by atoms with van der Waals surface area (Å²) in [7, 11) is 0. The van der Waals surface area contributed by atoms with Gasteiger partial charge in [-0.25, -0.2) is 0 Å². The van der Waals surface area contributed by atoms with Crippen LogP contribution in [0.25, 0.3) is 0 Å². The highest BCUT2D eigenvalue weighted by Gasteiger charge is 2.22. The minimum Gasteiger partial charge on any atom is -0.372 e. The maximum Gasteiger partial charge on any atom is 0.258 e. The largest absolute Gasteiger partial charge is 0.372 e. The molecule has 1 aromatic carbocycles. The number of carbonyl (C=O) groups is 1. The highest BCUT2D eigenvalue weighted by molar-refractivity contribution is 7.71. The van der Waals surface area contributed by atoms with Crippen LogP contribution in [0.2, 0.25) is 0 Å². The van der Waals surface area contributed by atoms with E-state index in [9.17, 15) is 4.79 Å². The van der Waals surface area contributed by atoms with Gasteiger partial charge in [0.15, 0.2) is 0 Å². The van der Waals surface area contributed by atoms with Crippen molar-refractivity contribution < 1.29 is 9.53 Å². The molecular weight excluding hydrogens is 322 g/mol. The van der Waals surface area contributed by atoms with E-state index in [0.717, 1.165) is 24.5 Å². The Bertz CT molecular complexity index is 762. The average Bonchev–Trinajstić information content (AvgIpc) is 2.55. The Morgan fingerprint density at radius 2 is 1.88 bits per heavy atom. The molecule has 1 amide bonds. The number of carbonyl (C=O) groups excluding carboxylic acids is 1. The Morgan fingerprint density at radius 1 is 1.21 bits per heavy atom. The number of morpholine rings is 1. The summed E-state index contributed by atoms with van der Waals surface area (Å²) in [6.07, 6.45) is 2.14. The molecular formula is C18H21N3O2S. The summed E-state index contributed by atoms with van der Waals surface area (Å²) >= 11 is 5.14. The summed E-state index contributed by atoms with van der Waals surface area (Å²) in [5.41, 5.74) is 2.34. The van der Waals surface area contributed by atoms with Crippen molar-refractivity contribution >= 4 is 29.5 Å².